The zero-order valence-electron chi connectivity index (χ0n) is 10.2. The van der Waals surface area contributed by atoms with Crippen molar-refractivity contribution in [3.63, 3.8) is 0 Å². The Kier molecular flexibility index (Phi) is 3.11. The molecule has 10 heteroatoms. The van der Waals surface area contributed by atoms with Crippen LogP contribution in [0.25, 0.3) is 0 Å². The summed E-state index contributed by atoms with van der Waals surface area (Å²) in [4.78, 5) is 7.38. The molecule has 6 N–H and O–H groups in total. The highest BCUT2D eigenvalue weighted by atomic mass is 16.6. The minimum absolute atomic E-state index is 0.0908. The average Bonchev–Trinajstić information content (AvgIpc) is 2.93. The van der Waals surface area contributed by atoms with Crippen LogP contribution < -0.4 is 5.32 Å². The summed E-state index contributed by atoms with van der Waals surface area (Å²) >= 11 is 0. The van der Waals surface area contributed by atoms with Gasteiger partial charge in [-0.25, -0.2) is 4.98 Å². The quantitative estimate of drug-likeness (QED) is 0.349. The number of imidazole rings is 1. The number of aliphatic hydroxyl groups excluding tert-OH is 5. The number of hydrogen-bond acceptors (Lipinski definition) is 8. The van der Waals surface area contributed by atoms with E-state index < -0.39 is 43.4 Å². The SMILES string of the molecule is OCC1OC(n2cnc3c2NC(O)N=C3O)C(O)C1O. The van der Waals surface area contributed by atoms with Crippen molar-refractivity contribution in [1.29, 1.82) is 0 Å². The molecule has 1 aromatic heterocycles. The number of aliphatic imine (C=N–C) groups is 1. The van der Waals surface area contributed by atoms with Crippen molar-refractivity contribution >= 4 is 11.7 Å². The van der Waals surface area contributed by atoms with Gasteiger partial charge in [-0.3, -0.25) is 4.57 Å². The van der Waals surface area contributed by atoms with Crippen LogP contribution in [0, 0.1) is 0 Å². The Bertz CT molecular complexity index is 546. The summed E-state index contributed by atoms with van der Waals surface area (Å²) in [5, 5.41) is 50.3. The Labute approximate surface area is 112 Å². The van der Waals surface area contributed by atoms with E-state index >= 15 is 0 Å². The normalized spacial score (nSPS) is 36.4. The Morgan fingerprint density at radius 2 is 2.05 bits per heavy atom. The number of nitrogens with zero attached hydrogens (tertiary/aromatic N) is 3. The number of aromatic nitrogens is 2. The van der Waals surface area contributed by atoms with Gasteiger partial charge < -0.3 is 35.6 Å². The smallest absolute Gasteiger partial charge is 0.240 e. The third kappa shape index (κ3) is 1.85. The predicted molar refractivity (Wildman–Crippen MR) is 64.0 cm³/mol. The number of fused-ring (bicyclic) bond motifs is 1. The molecule has 1 fully saturated rings. The van der Waals surface area contributed by atoms with E-state index in [9.17, 15) is 20.4 Å². The van der Waals surface area contributed by atoms with Crippen molar-refractivity contribution in [3.05, 3.63) is 12.0 Å². The monoisotopic (exact) mass is 286 g/mol. The molecule has 0 aliphatic carbocycles. The lowest BCUT2D eigenvalue weighted by Gasteiger charge is -2.22. The zero-order chi connectivity index (χ0) is 14.4. The first kappa shape index (κ1) is 13.3. The molecule has 0 saturated carbocycles. The summed E-state index contributed by atoms with van der Waals surface area (Å²) in [6.07, 6.45) is -4.56. The van der Waals surface area contributed by atoms with Gasteiger partial charge in [0.15, 0.2) is 11.9 Å². The molecule has 2 aliphatic rings. The lowest BCUT2D eigenvalue weighted by Crippen LogP contribution is -2.33. The van der Waals surface area contributed by atoms with Gasteiger partial charge in [-0.05, 0) is 0 Å². The first-order valence-corrected chi connectivity index (χ1v) is 5.94. The van der Waals surface area contributed by atoms with Crippen LogP contribution in [0.2, 0.25) is 0 Å². The highest BCUT2D eigenvalue weighted by molar-refractivity contribution is 5.96. The Hall–Kier alpha value is -1.72. The zero-order valence-corrected chi connectivity index (χ0v) is 10.2. The van der Waals surface area contributed by atoms with Crippen molar-refractivity contribution in [2.45, 2.75) is 30.9 Å². The summed E-state index contributed by atoms with van der Waals surface area (Å²) in [5.74, 6) is -0.253. The summed E-state index contributed by atoms with van der Waals surface area (Å²) in [5.41, 5.74) is 0.0908. The fourth-order valence-corrected chi connectivity index (χ4v) is 2.30. The number of anilines is 1. The molecule has 0 spiro atoms. The van der Waals surface area contributed by atoms with Crippen LogP contribution in [0.15, 0.2) is 11.3 Å². The predicted octanol–water partition coefficient (Wildman–Crippen LogP) is -2.50. The van der Waals surface area contributed by atoms with Crippen LogP contribution in [0.5, 0.6) is 0 Å². The van der Waals surface area contributed by atoms with E-state index in [2.05, 4.69) is 15.3 Å². The van der Waals surface area contributed by atoms with Crippen molar-refractivity contribution in [1.82, 2.24) is 9.55 Å². The highest BCUT2D eigenvalue weighted by Crippen LogP contribution is 2.33. The molecule has 3 rings (SSSR count). The molecule has 0 radical (unpaired) electrons. The molecule has 5 unspecified atom stereocenters. The van der Waals surface area contributed by atoms with Gasteiger partial charge in [-0.2, -0.15) is 4.99 Å². The van der Waals surface area contributed by atoms with Gasteiger partial charge in [0.25, 0.3) is 0 Å². The van der Waals surface area contributed by atoms with Crippen LogP contribution >= 0.6 is 0 Å². The van der Waals surface area contributed by atoms with Gasteiger partial charge in [-0.15, -0.1) is 0 Å². The molecule has 5 atom stereocenters. The third-order valence-corrected chi connectivity index (χ3v) is 3.31. The second kappa shape index (κ2) is 4.68. The molecule has 0 aromatic carbocycles. The topological polar surface area (TPSA) is 153 Å². The molecule has 0 amide bonds. The standard InChI is InChI=1S/C10H14N4O6/c15-1-3-5(16)6(17)9(20-3)14-2-11-4-7(14)12-10(19)13-8(4)18/h2-3,5-6,9-10,12,15-17,19H,1H2,(H,13,18). The van der Waals surface area contributed by atoms with Crippen molar-refractivity contribution in [3.8, 4) is 0 Å². The highest BCUT2D eigenvalue weighted by Gasteiger charge is 2.44. The minimum Gasteiger partial charge on any atom is -0.492 e. The maximum absolute atomic E-state index is 9.95. The number of ether oxygens (including phenoxy) is 1. The molecular formula is C10H14N4O6. The van der Waals surface area contributed by atoms with Gasteiger partial charge in [-0.1, -0.05) is 0 Å². The number of aliphatic hydroxyl groups is 5. The first-order valence-electron chi connectivity index (χ1n) is 5.94. The molecule has 2 aliphatic heterocycles. The molecule has 110 valence electrons. The van der Waals surface area contributed by atoms with E-state index in [1.54, 1.807) is 0 Å². The van der Waals surface area contributed by atoms with E-state index in [4.69, 9.17) is 9.84 Å². The molecule has 20 heavy (non-hydrogen) atoms. The van der Waals surface area contributed by atoms with Gasteiger partial charge in [0.1, 0.15) is 24.1 Å². The number of nitrogens with one attached hydrogen (secondary N) is 1. The van der Waals surface area contributed by atoms with Gasteiger partial charge in [0.05, 0.1) is 12.9 Å². The summed E-state index contributed by atoms with van der Waals surface area (Å²) < 4.78 is 6.66. The maximum Gasteiger partial charge on any atom is 0.240 e. The van der Waals surface area contributed by atoms with Gasteiger partial charge in [0, 0.05) is 0 Å². The molecule has 1 aromatic rings. The lowest BCUT2D eigenvalue weighted by atomic mass is 10.1. The van der Waals surface area contributed by atoms with E-state index in [1.165, 1.54) is 10.9 Å². The first-order chi connectivity index (χ1) is 9.52. The molecule has 10 nitrogen and oxygen atoms in total. The second-order valence-corrected chi connectivity index (χ2v) is 4.55. The van der Waals surface area contributed by atoms with Gasteiger partial charge >= 0.3 is 0 Å². The Balaban J connectivity index is 1.95. The van der Waals surface area contributed by atoms with Crippen molar-refractivity contribution < 1.29 is 30.3 Å². The molecule has 0 bridgehead atoms. The Morgan fingerprint density at radius 3 is 2.70 bits per heavy atom. The average molecular weight is 286 g/mol. The second-order valence-electron chi connectivity index (χ2n) is 4.55. The van der Waals surface area contributed by atoms with E-state index in [-0.39, 0.29) is 11.5 Å². The van der Waals surface area contributed by atoms with Crippen molar-refractivity contribution in [2.24, 2.45) is 4.99 Å². The third-order valence-electron chi connectivity index (χ3n) is 3.31. The molecule has 3 heterocycles. The number of rotatable bonds is 2. The Morgan fingerprint density at radius 1 is 1.30 bits per heavy atom. The summed E-state index contributed by atoms with van der Waals surface area (Å²) in [6.45, 7) is -0.450. The molecule has 1 saturated heterocycles. The van der Waals surface area contributed by atoms with Crippen molar-refractivity contribution in [2.75, 3.05) is 11.9 Å². The maximum atomic E-state index is 9.95. The largest absolute Gasteiger partial charge is 0.492 e. The van der Waals surface area contributed by atoms with E-state index in [0.29, 0.717) is 0 Å². The van der Waals surface area contributed by atoms with E-state index in [0.717, 1.165) is 0 Å². The summed E-state index contributed by atoms with van der Waals surface area (Å²) in [7, 11) is 0. The minimum atomic E-state index is -1.35. The fourth-order valence-electron chi connectivity index (χ4n) is 2.30. The van der Waals surface area contributed by atoms with Crippen LogP contribution in [0.3, 0.4) is 0 Å². The van der Waals surface area contributed by atoms with Crippen LogP contribution in [-0.2, 0) is 4.74 Å². The van der Waals surface area contributed by atoms with Crippen LogP contribution in [0.4, 0.5) is 5.82 Å². The molecular weight excluding hydrogens is 272 g/mol. The van der Waals surface area contributed by atoms with Gasteiger partial charge in [0.2, 0.25) is 12.2 Å². The van der Waals surface area contributed by atoms with Crippen LogP contribution in [-0.4, -0.2) is 72.3 Å². The van der Waals surface area contributed by atoms with Crippen LogP contribution in [0.1, 0.15) is 11.9 Å². The van der Waals surface area contributed by atoms with E-state index in [1.807, 2.05) is 0 Å². The fraction of sp³-hybridized carbons (Fsp3) is 0.600. The summed E-state index contributed by atoms with van der Waals surface area (Å²) in [6, 6.07) is 0. The number of hydrogen-bond donors (Lipinski definition) is 6. The lowest BCUT2D eigenvalue weighted by molar-refractivity contribution is -0.0520.